The van der Waals surface area contributed by atoms with Crippen LogP contribution in [0.4, 0.5) is 5.69 Å². The Labute approximate surface area is 136 Å². The van der Waals surface area contributed by atoms with E-state index in [0.29, 0.717) is 22.9 Å². The number of methoxy groups -OCH3 is 2. The summed E-state index contributed by atoms with van der Waals surface area (Å²) in [7, 11) is 3.11. The summed E-state index contributed by atoms with van der Waals surface area (Å²) in [4.78, 5) is 12.3. The van der Waals surface area contributed by atoms with E-state index in [-0.39, 0.29) is 5.91 Å². The normalized spacial score (nSPS) is 11.5. The molecule has 1 amide bonds. The minimum Gasteiger partial charge on any atom is -0.497 e. The lowest BCUT2D eigenvalue weighted by Crippen LogP contribution is -2.30. The maximum Gasteiger partial charge on any atom is 0.265 e. The van der Waals surface area contributed by atoms with Crippen molar-refractivity contribution >= 4 is 11.6 Å². The highest BCUT2D eigenvalue weighted by Crippen LogP contribution is 2.29. The predicted octanol–water partition coefficient (Wildman–Crippen LogP) is 3.42. The van der Waals surface area contributed by atoms with Crippen LogP contribution in [0.2, 0.25) is 0 Å². The number of rotatable bonds is 6. The van der Waals surface area contributed by atoms with E-state index in [1.165, 1.54) is 7.11 Å². The first-order chi connectivity index (χ1) is 11.0. The number of hydrogen-bond donors (Lipinski definition) is 1. The Kier molecular flexibility index (Phi) is 5.46. The van der Waals surface area contributed by atoms with Gasteiger partial charge in [-0.25, -0.2) is 0 Å². The van der Waals surface area contributed by atoms with Crippen molar-refractivity contribution in [3.63, 3.8) is 0 Å². The number of nitrogens with one attached hydrogen (secondary N) is 1. The molecule has 0 aliphatic carbocycles. The summed E-state index contributed by atoms with van der Waals surface area (Å²) in [6.07, 6.45) is -0.635. The van der Waals surface area contributed by atoms with Gasteiger partial charge in [-0.1, -0.05) is 17.7 Å². The Hall–Kier alpha value is -2.69. The molecule has 0 fully saturated rings. The molecular weight excluding hydrogens is 294 g/mol. The summed E-state index contributed by atoms with van der Waals surface area (Å²) >= 11 is 0. The highest BCUT2D eigenvalue weighted by molar-refractivity contribution is 5.95. The minimum absolute atomic E-state index is 0.256. The van der Waals surface area contributed by atoms with E-state index in [1.807, 2.05) is 31.2 Å². The Morgan fingerprint density at radius 2 is 1.65 bits per heavy atom. The number of ether oxygens (including phenoxy) is 3. The summed E-state index contributed by atoms with van der Waals surface area (Å²) in [6, 6.07) is 12.7. The van der Waals surface area contributed by atoms with Gasteiger partial charge in [0.15, 0.2) is 6.10 Å². The lowest BCUT2D eigenvalue weighted by molar-refractivity contribution is -0.122. The second kappa shape index (κ2) is 7.54. The van der Waals surface area contributed by atoms with E-state index in [9.17, 15) is 4.79 Å². The molecule has 2 aromatic carbocycles. The van der Waals surface area contributed by atoms with Crippen molar-refractivity contribution in [2.24, 2.45) is 0 Å². The number of benzene rings is 2. The van der Waals surface area contributed by atoms with E-state index in [2.05, 4.69) is 5.32 Å². The smallest absolute Gasteiger partial charge is 0.265 e. The zero-order valence-corrected chi connectivity index (χ0v) is 13.8. The molecule has 0 aliphatic heterocycles. The van der Waals surface area contributed by atoms with Gasteiger partial charge in [0.2, 0.25) is 0 Å². The molecule has 23 heavy (non-hydrogen) atoms. The fourth-order valence-electron chi connectivity index (χ4n) is 2.01. The molecule has 1 N–H and O–H groups in total. The molecule has 2 aromatic rings. The molecule has 0 bridgehead atoms. The van der Waals surface area contributed by atoms with Crippen LogP contribution in [0.3, 0.4) is 0 Å². The highest BCUT2D eigenvalue weighted by atomic mass is 16.5. The molecule has 5 heteroatoms. The van der Waals surface area contributed by atoms with Crippen molar-refractivity contribution in [3.8, 4) is 17.2 Å². The van der Waals surface area contributed by atoms with Gasteiger partial charge in [0.1, 0.15) is 17.2 Å². The van der Waals surface area contributed by atoms with E-state index in [4.69, 9.17) is 14.2 Å². The maximum absolute atomic E-state index is 12.3. The number of anilines is 1. The molecule has 122 valence electrons. The number of carbonyl (C=O) groups is 1. The average molecular weight is 315 g/mol. The molecule has 0 aliphatic rings. The van der Waals surface area contributed by atoms with E-state index < -0.39 is 6.10 Å². The second-order valence-corrected chi connectivity index (χ2v) is 5.13. The van der Waals surface area contributed by atoms with Crippen molar-refractivity contribution in [1.82, 2.24) is 0 Å². The van der Waals surface area contributed by atoms with Gasteiger partial charge in [-0.2, -0.15) is 0 Å². The van der Waals surface area contributed by atoms with Crippen LogP contribution in [-0.2, 0) is 4.79 Å². The molecule has 5 nitrogen and oxygen atoms in total. The SMILES string of the molecule is COc1ccc(NC(=O)C(C)Oc2ccc(C)cc2)c(OC)c1. The third kappa shape index (κ3) is 4.39. The third-order valence-corrected chi connectivity index (χ3v) is 3.37. The van der Waals surface area contributed by atoms with E-state index >= 15 is 0 Å². The lowest BCUT2D eigenvalue weighted by Gasteiger charge is -2.16. The van der Waals surface area contributed by atoms with Crippen LogP contribution in [-0.4, -0.2) is 26.2 Å². The van der Waals surface area contributed by atoms with Crippen molar-refractivity contribution in [2.75, 3.05) is 19.5 Å². The quantitative estimate of drug-likeness (QED) is 0.887. The number of aryl methyl sites for hydroxylation is 1. The molecule has 0 spiro atoms. The van der Waals surface area contributed by atoms with Crippen LogP contribution in [0.25, 0.3) is 0 Å². The first-order valence-corrected chi connectivity index (χ1v) is 7.29. The highest BCUT2D eigenvalue weighted by Gasteiger charge is 2.17. The predicted molar refractivity (Wildman–Crippen MR) is 89.4 cm³/mol. The van der Waals surface area contributed by atoms with Crippen molar-refractivity contribution in [1.29, 1.82) is 0 Å². The van der Waals surface area contributed by atoms with Crippen molar-refractivity contribution in [2.45, 2.75) is 20.0 Å². The topological polar surface area (TPSA) is 56.8 Å². The molecule has 2 rings (SSSR count). The molecule has 1 unspecified atom stereocenters. The summed E-state index contributed by atoms with van der Waals surface area (Å²) in [5, 5.41) is 2.80. The van der Waals surface area contributed by atoms with Gasteiger partial charge >= 0.3 is 0 Å². The standard InChI is InChI=1S/C18H21NO4/c1-12-5-7-14(8-6-12)23-13(2)18(20)19-16-10-9-15(21-3)11-17(16)22-4/h5-11,13H,1-4H3,(H,19,20). The first-order valence-electron chi connectivity index (χ1n) is 7.29. The van der Waals surface area contributed by atoms with Crippen LogP contribution in [0.5, 0.6) is 17.2 Å². The van der Waals surface area contributed by atoms with Crippen LogP contribution in [0.1, 0.15) is 12.5 Å². The van der Waals surface area contributed by atoms with Gasteiger partial charge in [0.05, 0.1) is 19.9 Å². The zero-order valence-electron chi connectivity index (χ0n) is 13.8. The Bertz CT molecular complexity index is 667. The number of hydrogen-bond acceptors (Lipinski definition) is 4. The van der Waals surface area contributed by atoms with Crippen LogP contribution < -0.4 is 19.5 Å². The van der Waals surface area contributed by atoms with E-state index in [1.54, 1.807) is 32.2 Å². The maximum atomic E-state index is 12.3. The summed E-state index contributed by atoms with van der Waals surface area (Å²) < 4.78 is 16.0. The molecule has 0 saturated heterocycles. The third-order valence-electron chi connectivity index (χ3n) is 3.37. The second-order valence-electron chi connectivity index (χ2n) is 5.13. The molecule has 0 saturated carbocycles. The van der Waals surface area contributed by atoms with Gasteiger partial charge < -0.3 is 19.5 Å². The Balaban J connectivity index is 2.04. The minimum atomic E-state index is -0.635. The van der Waals surface area contributed by atoms with Gasteiger partial charge in [0.25, 0.3) is 5.91 Å². The first kappa shape index (κ1) is 16.7. The van der Waals surface area contributed by atoms with Crippen molar-refractivity contribution < 1.29 is 19.0 Å². The molecule has 0 heterocycles. The van der Waals surface area contributed by atoms with Crippen LogP contribution >= 0.6 is 0 Å². The van der Waals surface area contributed by atoms with Crippen molar-refractivity contribution in [3.05, 3.63) is 48.0 Å². The van der Waals surface area contributed by atoms with Crippen LogP contribution in [0.15, 0.2) is 42.5 Å². The molecule has 0 aromatic heterocycles. The van der Waals surface area contributed by atoms with Gasteiger partial charge in [-0.05, 0) is 38.1 Å². The Morgan fingerprint density at radius 3 is 2.26 bits per heavy atom. The Morgan fingerprint density at radius 1 is 1.00 bits per heavy atom. The largest absolute Gasteiger partial charge is 0.497 e. The summed E-state index contributed by atoms with van der Waals surface area (Å²) in [5.41, 5.74) is 1.70. The molecule has 0 radical (unpaired) electrons. The summed E-state index contributed by atoms with van der Waals surface area (Å²) in [6.45, 7) is 3.70. The van der Waals surface area contributed by atoms with E-state index in [0.717, 1.165) is 5.56 Å². The lowest BCUT2D eigenvalue weighted by atomic mass is 10.2. The fourth-order valence-corrected chi connectivity index (χ4v) is 2.01. The average Bonchev–Trinajstić information content (AvgIpc) is 2.57. The monoisotopic (exact) mass is 315 g/mol. The van der Waals surface area contributed by atoms with Gasteiger partial charge in [0, 0.05) is 6.07 Å². The van der Waals surface area contributed by atoms with Gasteiger partial charge in [-0.15, -0.1) is 0 Å². The van der Waals surface area contributed by atoms with Crippen LogP contribution in [0, 0.1) is 6.92 Å². The van der Waals surface area contributed by atoms with Gasteiger partial charge in [-0.3, -0.25) is 4.79 Å². The fraction of sp³-hybridized carbons (Fsp3) is 0.278. The molecule has 1 atom stereocenters. The summed E-state index contributed by atoms with van der Waals surface area (Å²) in [5.74, 6) is 1.58. The molecular formula is C18H21NO4. The number of amides is 1. The zero-order chi connectivity index (χ0) is 16.8. The number of carbonyl (C=O) groups excluding carboxylic acids is 1.